The summed E-state index contributed by atoms with van der Waals surface area (Å²) < 4.78 is 19.2. The fourth-order valence-corrected chi connectivity index (χ4v) is 3.95. The van der Waals surface area contributed by atoms with Gasteiger partial charge >= 0.3 is 0 Å². The molecule has 1 aliphatic heterocycles. The summed E-state index contributed by atoms with van der Waals surface area (Å²) in [6, 6.07) is 12.0. The van der Waals surface area contributed by atoms with Gasteiger partial charge in [0, 0.05) is 30.4 Å². The lowest BCUT2D eigenvalue weighted by atomic mass is 10.0. The summed E-state index contributed by atoms with van der Waals surface area (Å²) >= 11 is 0. The maximum atomic E-state index is 14.2. The maximum absolute atomic E-state index is 14.2. The van der Waals surface area contributed by atoms with Crippen molar-refractivity contribution in [3.63, 3.8) is 0 Å². The first-order valence-corrected chi connectivity index (χ1v) is 11.4. The Balaban J connectivity index is 1.56. The van der Waals surface area contributed by atoms with Crippen molar-refractivity contribution >= 4 is 23.5 Å². The maximum Gasteiger partial charge on any atom is 0.233 e. The van der Waals surface area contributed by atoms with Crippen molar-refractivity contribution in [2.75, 3.05) is 29.6 Å². The molecule has 1 fully saturated rings. The number of nitrogens with one attached hydrogen (secondary N) is 4. The standard InChI is InChI=1S/C24H30FN7O2/c1-3-19(20-5-4-12-26-20)29-24-31-22(27-14-15-6-9-17(33)10-7-15)30-23(32-24)28-16-8-11-21(34-2)18(25)13-16/h6-11,13,19-20,26,33H,3-5,12,14H2,1-2H3,(H3,27,28,29,30,31,32). The molecule has 0 amide bonds. The average Bonchev–Trinajstić information content (AvgIpc) is 3.37. The number of rotatable bonds is 10. The van der Waals surface area contributed by atoms with E-state index in [1.807, 2.05) is 12.1 Å². The van der Waals surface area contributed by atoms with Gasteiger partial charge in [-0.15, -0.1) is 0 Å². The van der Waals surface area contributed by atoms with Crippen molar-refractivity contribution in [3.05, 3.63) is 53.8 Å². The third-order valence-corrected chi connectivity index (χ3v) is 5.77. The highest BCUT2D eigenvalue weighted by molar-refractivity contribution is 5.57. The van der Waals surface area contributed by atoms with Gasteiger partial charge in [-0.1, -0.05) is 19.1 Å². The van der Waals surface area contributed by atoms with Crippen LogP contribution in [0.2, 0.25) is 0 Å². The van der Waals surface area contributed by atoms with Gasteiger partial charge in [0.2, 0.25) is 17.8 Å². The Kier molecular flexibility index (Phi) is 7.58. The molecule has 180 valence electrons. The van der Waals surface area contributed by atoms with Gasteiger partial charge in [0.25, 0.3) is 0 Å². The third kappa shape index (κ3) is 6.02. The Morgan fingerprint density at radius 3 is 2.56 bits per heavy atom. The summed E-state index contributed by atoms with van der Waals surface area (Å²) in [5.41, 5.74) is 1.45. The summed E-state index contributed by atoms with van der Waals surface area (Å²) in [5.74, 6) is 0.972. The number of halogens is 1. The van der Waals surface area contributed by atoms with Gasteiger partial charge in [-0.3, -0.25) is 0 Å². The molecule has 0 saturated carbocycles. The summed E-state index contributed by atoms with van der Waals surface area (Å²) in [6.07, 6.45) is 3.15. The first-order chi connectivity index (χ1) is 16.5. The Hall–Kier alpha value is -3.66. The molecule has 0 radical (unpaired) electrons. The van der Waals surface area contributed by atoms with Crippen LogP contribution in [0.25, 0.3) is 0 Å². The Morgan fingerprint density at radius 2 is 1.88 bits per heavy atom. The van der Waals surface area contributed by atoms with Gasteiger partial charge in [-0.05, 0) is 55.6 Å². The zero-order valence-corrected chi connectivity index (χ0v) is 19.3. The van der Waals surface area contributed by atoms with Crippen LogP contribution in [0.3, 0.4) is 0 Å². The van der Waals surface area contributed by atoms with Crippen molar-refractivity contribution in [2.45, 2.75) is 44.8 Å². The molecule has 3 aromatic rings. The van der Waals surface area contributed by atoms with Gasteiger partial charge in [0.15, 0.2) is 11.6 Å². The number of aromatic hydroxyl groups is 1. The predicted octanol–water partition coefficient (Wildman–Crippen LogP) is 4.02. The highest BCUT2D eigenvalue weighted by Crippen LogP contribution is 2.24. The number of benzene rings is 2. The average molecular weight is 468 g/mol. The van der Waals surface area contributed by atoms with E-state index in [4.69, 9.17) is 4.74 Å². The summed E-state index contributed by atoms with van der Waals surface area (Å²) in [6.45, 7) is 3.60. The molecule has 1 aliphatic rings. The minimum Gasteiger partial charge on any atom is -0.508 e. The van der Waals surface area contributed by atoms with Crippen LogP contribution in [0.5, 0.6) is 11.5 Å². The van der Waals surface area contributed by atoms with Gasteiger partial charge < -0.3 is 31.1 Å². The number of methoxy groups -OCH3 is 1. The monoisotopic (exact) mass is 467 g/mol. The zero-order chi connectivity index (χ0) is 23.9. The van der Waals surface area contributed by atoms with Crippen molar-refractivity contribution in [2.24, 2.45) is 0 Å². The lowest BCUT2D eigenvalue weighted by Crippen LogP contribution is -2.40. The van der Waals surface area contributed by atoms with Crippen LogP contribution in [0.15, 0.2) is 42.5 Å². The largest absolute Gasteiger partial charge is 0.508 e. The minimum atomic E-state index is -0.482. The number of phenols is 1. The number of phenolic OH excluding ortho intramolecular Hbond substituents is 1. The molecule has 0 bridgehead atoms. The second-order valence-electron chi connectivity index (χ2n) is 8.16. The molecule has 0 spiro atoms. The molecule has 2 unspecified atom stereocenters. The predicted molar refractivity (Wildman–Crippen MR) is 130 cm³/mol. The third-order valence-electron chi connectivity index (χ3n) is 5.77. The van der Waals surface area contributed by atoms with Crippen molar-refractivity contribution in [1.29, 1.82) is 0 Å². The second kappa shape index (κ2) is 11.0. The van der Waals surface area contributed by atoms with Crippen LogP contribution in [0.4, 0.5) is 27.9 Å². The molecular weight excluding hydrogens is 437 g/mol. The number of hydrogen-bond donors (Lipinski definition) is 5. The summed E-state index contributed by atoms with van der Waals surface area (Å²) in [4.78, 5) is 13.5. The van der Waals surface area contributed by atoms with Crippen molar-refractivity contribution in [1.82, 2.24) is 20.3 Å². The Bertz CT molecular complexity index is 1090. The Labute approximate surface area is 198 Å². The van der Waals surface area contributed by atoms with E-state index in [9.17, 15) is 9.50 Å². The van der Waals surface area contributed by atoms with E-state index in [1.165, 1.54) is 13.2 Å². The van der Waals surface area contributed by atoms with E-state index in [-0.39, 0.29) is 23.5 Å². The van der Waals surface area contributed by atoms with Crippen molar-refractivity contribution < 1.29 is 14.2 Å². The minimum absolute atomic E-state index is 0.162. The van der Waals surface area contributed by atoms with Crippen LogP contribution in [-0.2, 0) is 6.54 Å². The molecule has 2 heterocycles. The van der Waals surface area contributed by atoms with Crippen LogP contribution in [-0.4, -0.2) is 45.8 Å². The van der Waals surface area contributed by atoms with Crippen LogP contribution < -0.4 is 26.0 Å². The topological polar surface area (TPSA) is 116 Å². The number of nitrogens with zero attached hydrogens (tertiary/aromatic N) is 3. The smallest absolute Gasteiger partial charge is 0.233 e. The summed E-state index contributed by atoms with van der Waals surface area (Å²) in [7, 11) is 1.42. The SMILES string of the molecule is CCC(Nc1nc(NCc2ccc(O)cc2)nc(Nc2ccc(OC)c(F)c2)n1)C1CCCN1. The molecule has 4 rings (SSSR count). The molecule has 9 nitrogen and oxygen atoms in total. The first-order valence-electron chi connectivity index (χ1n) is 11.4. The highest BCUT2D eigenvalue weighted by atomic mass is 19.1. The first kappa shape index (κ1) is 23.5. The molecule has 2 aromatic carbocycles. The van der Waals surface area contributed by atoms with Crippen LogP contribution in [0.1, 0.15) is 31.7 Å². The molecule has 10 heteroatoms. The quantitative estimate of drug-likeness (QED) is 0.301. The fraction of sp³-hybridized carbons (Fsp3) is 0.375. The van der Waals surface area contributed by atoms with E-state index >= 15 is 0 Å². The molecule has 0 aliphatic carbocycles. The molecule has 1 aromatic heterocycles. The highest BCUT2D eigenvalue weighted by Gasteiger charge is 2.24. The lowest BCUT2D eigenvalue weighted by Gasteiger charge is -2.24. The van der Waals surface area contributed by atoms with E-state index in [1.54, 1.807) is 24.3 Å². The Morgan fingerprint density at radius 1 is 1.12 bits per heavy atom. The normalized spacial score (nSPS) is 16.1. The number of hydrogen-bond acceptors (Lipinski definition) is 9. The van der Waals surface area contributed by atoms with Gasteiger partial charge in [-0.25, -0.2) is 4.39 Å². The fourth-order valence-electron chi connectivity index (χ4n) is 3.95. The lowest BCUT2D eigenvalue weighted by molar-refractivity contribution is 0.386. The van der Waals surface area contributed by atoms with E-state index < -0.39 is 5.82 Å². The zero-order valence-electron chi connectivity index (χ0n) is 19.3. The molecule has 2 atom stereocenters. The van der Waals surface area contributed by atoms with Gasteiger partial charge in [0.1, 0.15) is 5.75 Å². The number of aromatic nitrogens is 3. The molecular formula is C24H30FN7O2. The molecule has 5 N–H and O–H groups in total. The second-order valence-corrected chi connectivity index (χ2v) is 8.16. The van der Waals surface area contributed by atoms with Crippen molar-refractivity contribution in [3.8, 4) is 11.5 Å². The van der Waals surface area contributed by atoms with Crippen LogP contribution in [0, 0.1) is 5.82 Å². The van der Waals surface area contributed by atoms with Crippen LogP contribution >= 0.6 is 0 Å². The molecule has 34 heavy (non-hydrogen) atoms. The van der Waals surface area contributed by atoms with E-state index in [2.05, 4.69) is 43.1 Å². The van der Waals surface area contributed by atoms with Gasteiger partial charge in [0.05, 0.1) is 7.11 Å². The number of ether oxygens (including phenoxy) is 1. The summed E-state index contributed by atoms with van der Waals surface area (Å²) in [5, 5.41) is 22.7. The number of anilines is 4. The van der Waals surface area contributed by atoms with Gasteiger partial charge in [-0.2, -0.15) is 15.0 Å². The van der Waals surface area contributed by atoms with E-state index in [0.717, 1.165) is 31.4 Å². The van der Waals surface area contributed by atoms with E-state index in [0.29, 0.717) is 30.2 Å². The molecule has 1 saturated heterocycles.